The lowest BCUT2D eigenvalue weighted by atomic mass is 10.0. The van der Waals surface area contributed by atoms with Gasteiger partial charge in [0.05, 0.1) is 12.1 Å². The predicted octanol–water partition coefficient (Wildman–Crippen LogP) is 4.67. The van der Waals surface area contributed by atoms with Crippen LogP contribution in [0.4, 0.5) is 5.69 Å². The van der Waals surface area contributed by atoms with Crippen LogP contribution in [-0.2, 0) is 4.74 Å². The molecule has 1 aliphatic heterocycles. The highest BCUT2D eigenvalue weighted by atomic mass is 16.5. The summed E-state index contributed by atoms with van der Waals surface area (Å²) < 4.78 is 5.86. The van der Waals surface area contributed by atoms with Crippen LogP contribution in [0.15, 0.2) is 72.8 Å². The SMILES string of the molecule is O=C(OC1CCCN(c2ccccc2)C1)c1cccc2ccccc12. The van der Waals surface area contributed by atoms with E-state index in [9.17, 15) is 4.79 Å². The third kappa shape index (κ3) is 3.36. The number of nitrogens with zero attached hydrogens (tertiary/aromatic N) is 1. The summed E-state index contributed by atoms with van der Waals surface area (Å²) in [5.41, 5.74) is 1.84. The Bertz CT molecular complexity index is 870. The number of esters is 1. The molecule has 0 radical (unpaired) electrons. The largest absolute Gasteiger partial charge is 0.457 e. The highest BCUT2D eigenvalue weighted by Crippen LogP contribution is 2.24. The number of hydrogen-bond donors (Lipinski definition) is 0. The lowest BCUT2D eigenvalue weighted by Crippen LogP contribution is -2.40. The van der Waals surface area contributed by atoms with Gasteiger partial charge in [-0.2, -0.15) is 0 Å². The van der Waals surface area contributed by atoms with Crippen LogP contribution in [0.5, 0.6) is 0 Å². The predicted molar refractivity (Wildman–Crippen MR) is 101 cm³/mol. The van der Waals surface area contributed by atoms with Crippen molar-refractivity contribution in [3.05, 3.63) is 78.4 Å². The summed E-state index contributed by atoms with van der Waals surface area (Å²) in [4.78, 5) is 15.0. The molecule has 0 bridgehead atoms. The summed E-state index contributed by atoms with van der Waals surface area (Å²) in [5, 5.41) is 2.01. The minimum absolute atomic E-state index is 0.0691. The third-order valence-corrected chi connectivity index (χ3v) is 4.78. The summed E-state index contributed by atoms with van der Waals surface area (Å²) >= 11 is 0. The molecule has 0 aliphatic carbocycles. The molecule has 1 aliphatic rings. The number of fused-ring (bicyclic) bond motifs is 1. The minimum Gasteiger partial charge on any atom is -0.457 e. The highest BCUT2D eigenvalue weighted by Gasteiger charge is 2.24. The molecule has 0 N–H and O–H groups in total. The second-order valence-corrected chi connectivity index (χ2v) is 6.48. The minimum atomic E-state index is -0.225. The lowest BCUT2D eigenvalue weighted by molar-refractivity contribution is 0.0272. The smallest absolute Gasteiger partial charge is 0.339 e. The molecule has 4 rings (SSSR count). The summed E-state index contributed by atoms with van der Waals surface area (Å²) in [6.07, 6.45) is 1.88. The van der Waals surface area contributed by atoms with Crippen LogP contribution in [0.2, 0.25) is 0 Å². The highest BCUT2D eigenvalue weighted by molar-refractivity contribution is 6.04. The van der Waals surface area contributed by atoms with Gasteiger partial charge in [-0.25, -0.2) is 4.79 Å². The van der Waals surface area contributed by atoms with E-state index in [2.05, 4.69) is 17.0 Å². The Balaban J connectivity index is 1.50. The van der Waals surface area contributed by atoms with Gasteiger partial charge in [0.25, 0.3) is 0 Å². The van der Waals surface area contributed by atoms with Gasteiger partial charge in [-0.05, 0) is 41.8 Å². The molecule has 0 amide bonds. The van der Waals surface area contributed by atoms with Gasteiger partial charge >= 0.3 is 5.97 Å². The van der Waals surface area contributed by atoms with E-state index in [0.717, 1.165) is 36.7 Å². The van der Waals surface area contributed by atoms with Crippen molar-refractivity contribution in [1.82, 2.24) is 0 Å². The zero-order chi connectivity index (χ0) is 17.1. The molecule has 3 heteroatoms. The molecular formula is C22H21NO2. The standard InChI is InChI=1S/C22H21NO2/c24-22(21-14-6-9-17-8-4-5-13-20(17)21)25-19-12-7-15-23(16-19)18-10-2-1-3-11-18/h1-6,8-11,13-14,19H,7,12,15-16H2. The van der Waals surface area contributed by atoms with Crippen molar-refractivity contribution < 1.29 is 9.53 Å². The monoisotopic (exact) mass is 331 g/mol. The Hall–Kier alpha value is -2.81. The summed E-state index contributed by atoms with van der Waals surface area (Å²) in [6, 6.07) is 24.0. The van der Waals surface area contributed by atoms with E-state index >= 15 is 0 Å². The molecule has 0 spiro atoms. The van der Waals surface area contributed by atoms with Crippen LogP contribution in [0.1, 0.15) is 23.2 Å². The molecule has 1 heterocycles. The van der Waals surface area contributed by atoms with Crippen molar-refractivity contribution in [3.63, 3.8) is 0 Å². The van der Waals surface area contributed by atoms with Crippen molar-refractivity contribution in [2.24, 2.45) is 0 Å². The van der Waals surface area contributed by atoms with Gasteiger partial charge in [-0.3, -0.25) is 0 Å². The molecule has 1 unspecified atom stereocenters. The topological polar surface area (TPSA) is 29.5 Å². The first-order valence-electron chi connectivity index (χ1n) is 8.80. The van der Waals surface area contributed by atoms with Gasteiger partial charge in [0.15, 0.2) is 0 Å². The molecule has 1 saturated heterocycles. The number of piperidine rings is 1. The number of hydrogen-bond acceptors (Lipinski definition) is 3. The zero-order valence-electron chi connectivity index (χ0n) is 14.1. The fourth-order valence-corrected chi connectivity index (χ4v) is 3.53. The van der Waals surface area contributed by atoms with Crippen molar-refractivity contribution in [2.45, 2.75) is 18.9 Å². The quantitative estimate of drug-likeness (QED) is 0.653. The number of carbonyl (C=O) groups is 1. The number of anilines is 1. The molecule has 1 fully saturated rings. The molecule has 126 valence electrons. The van der Waals surface area contributed by atoms with E-state index < -0.39 is 0 Å². The number of rotatable bonds is 3. The van der Waals surface area contributed by atoms with Gasteiger partial charge in [0.1, 0.15) is 6.10 Å². The van der Waals surface area contributed by atoms with Crippen molar-refractivity contribution in [2.75, 3.05) is 18.0 Å². The maximum atomic E-state index is 12.7. The average molecular weight is 331 g/mol. The first-order valence-corrected chi connectivity index (χ1v) is 8.80. The normalized spacial score (nSPS) is 17.4. The second kappa shape index (κ2) is 6.98. The fourth-order valence-electron chi connectivity index (χ4n) is 3.53. The number of ether oxygens (including phenoxy) is 1. The average Bonchev–Trinajstić information content (AvgIpc) is 2.68. The Kier molecular flexibility index (Phi) is 4.38. The van der Waals surface area contributed by atoms with Gasteiger partial charge in [-0.1, -0.05) is 54.6 Å². The Morgan fingerprint density at radius 1 is 0.920 bits per heavy atom. The molecular weight excluding hydrogens is 310 g/mol. The summed E-state index contributed by atoms with van der Waals surface area (Å²) in [5.74, 6) is -0.225. The second-order valence-electron chi connectivity index (χ2n) is 6.48. The van der Waals surface area contributed by atoms with E-state index in [1.807, 2.05) is 60.7 Å². The number of para-hydroxylation sites is 1. The first kappa shape index (κ1) is 15.7. The Morgan fingerprint density at radius 2 is 1.68 bits per heavy atom. The van der Waals surface area contributed by atoms with Gasteiger partial charge in [-0.15, -0.1) is 0 Å². The molecule has 3 nitrogen and oxygen atoms in total. The van der Waals surface area contributed by atoms with E-state index in [-0.39, 0.29) is 12.1 Å². The van der Waals surface area contributed by atoms with Crippen molar-refractivity contribution >= 4 is 22.4 Å². The maximum Gasteiger partial charge on any atom is 0.339 e. The van der Waals surface area contributed by atoms with Crippen molar-refractivity contribution in [1.29, 1.82) is 0 Å². The first-order chi connectivity index (χ1) is 12.3. The summed E-state index contributed by atoms with van der Waals surface area (Å²) in [7, 11) is 0. The van der Waals surface area contributed by atoms with Crippen LogP contribution in [0.25, 0.3) is 10.8 Å². The number of benzene rings is 3. The Labute approximate surface area is 147 Å². The van der Waals surface area contributed by atoms with Gasteiger partial charge in [0, 0.05) is 12.2 Å². The number of carbonyl (C=O) groups excluding carboxylic acids is 1. The summed E-state index contributed by atoms with van der Waals surface area (Å²) in [6.45, 7) is 1.76. The lowest BCUT2D eigenvalue weighted by Gasteiger charge is -2.34. The van der Waals surface area contributed by atoms with E-state index in [1.165, 1.54) is 5.69 Å². The fraction of sp³-hybridized carbons (Fsp3) is 0.227. The van der Waals surface area contributed by atoms with Crippen LogP contribution in [0.3, 0.4) is 0 Å². The molecule has 0 aromatic heterocycles. The van der Waals surface area contributed by atoms with Crippen LogP contribution in [0, 0.1) is 0 Å². The van der Waals surface area contributed by atoms with E-state index in [0.29, 0.717) is 5.56 Å². The molecule has 25 heavy (non-hydrogen) atoms. The maximum absolute atomic E-state index is 12.7. The molecule has 3 aromatic rings. The van der Waals surface area contributed by atoms with Crippen molar-refractivity contribution in [3.8, 4) is 0 Å². The molecule has 1 atom stereocenters. The molecule has 3 aromatic carbocycles. The van der Waals surface area contributed by atoms with Crippen LogP contribution in [-0.4, -0.2) is 25.2 Å². The van der Waals surface area contributed by atoms with Gasteiger partial charge < -0.3 is 9.64 Å². The van der Waals surface area contributed by atoms with Crippen LogP contribution >= 0.6 is 0 Å². The van der Waals surface area contributed by atoms with E-state index in [4.69, 9.17) is 4.74 Å². The van der Waals surface area contributed by atoms with E-state index in [1.54, 1.807) is 0 Å². The van der Waals surface area contributed by atoms with Crippen LogP contribution < -0.4 is 4.90 Å². The van der Waals surface area contributed by atoms with Gasteiger partial charge in [0.2, 0.25) is 0 Å². The Morgan fingerprint density at radius 3 is 2.56 bits per heavy atom. The zero-order valence-corrected chi connectivity index (χ0v) is 14.1. The third-order valence-electron chi connectivity index (χ3n) is 4.78. The molecule has 0 saturated carbocycles.